The van der Waals surface area contributed by atoms with Crippen LogP contribution in [0, 0.1) is 0 Å². The van der Waals surface area contributed by atoms with Gasteiger partial charge in [-0.15, -0.1) is 0 Å². The minimum absolute atomic E-state index is 0.201. The summed E-state index contributed by atoms with van der Waals surface area (Å²) in [5.74, 6) is 0. The summed E-state index contributed by atoms with van der Waals surface area (Å²) in [6, 6.07) is 0. The molecule has 9 heavy (non-hydrogen) atoms. The molecule has 0 radical (unpaired) electrons. The van der Waals surface area contributed by atoms with Gasteiger partial charge >= 0.3 is 0 Å². The highest BCUT2D eigenvalue weighted by molar-refractivity contribution is 4.91. The smallest absolute Gasteiger partial charge is 0.0686 e. The molecule has 2 heteroatoms. The topological polar surface area (TPSA) is 23.5 Å². The lowest BCUT2D eigenvalue weighted by Crippen LogP contribution is -2.24. The van der Waals surface area contributed by atoms with E-state index in [1.165, 1.54) is 0 Å². The fourth-order valence-corrected chi connectivity index (χ4v) is 1.03. The average molecular weight is 127 g/mol. The van der Waals surface area contributed by atoms with Gasteiger partial charge in [0.2, 0.25) is 0 Å². The van der Waals surface area contributed by atoms with E-state index in [4.69, 9.17) is 5.11 Å². The summed E-state index contributed by atoms with van der Waals surface area (Å²) in [6.45, 7) is 3.66. The number of nitrogens with zero attached hydrogens (tertiary/aromatic N) is 1. The highest BCUT2D eigenvalue weighted by atomic mass is 16.3. The Hall–Kier alpha value is -0.500. The van der Waals surface area contributed by atoms with E-state index in [0.29, 0.717) is 0 Å². The predicted molar refractivity (Wildman–Crippen MR) is 37.0 cm³/mol. The lowest BCUT2D eigenvalue weighted by molar-refractivity contribution is 0.155. The predicted octanol–water partition coefficient (Wildman–Crippen LogP) is 0.587. The van der Waals surface area contributed by atoms with E-state index < -0.39 is 0 Å². The van der Waals surface area contributed by atoms with Crippen LogP contribution in [0.25, 0.3) is 0 Å². The summed E-state index contributed by atoms with van der Waals surface area (Å²) < 4.78 is 0. The Bertz CT molecular complexity index is 109. The molecule has 1 N–H and O–H groups in total. The van der Waals surface area contributed by atoms with Crippen molar-refractivity contribution in [1.29, 1.82) is 0 Å². The third-order valence-corrected chi connectivity index (χ3v) is 1.40. The van der Waals surface area contributed by atoms with E-state index in [1.54, 1.807) is 0 Å². The molecular weight excluding hydrogens is 114 g/mol. The molecule has 1 heterocycles. The van der Waals surface area contributed by atoms with Crippen LogP contribution >= 0.6 is 0 Å². The molecule has 0 saturated carbocycles. The van der Waals surface area contributed by atoms with Gasteiger partial charge in [0.1, 0.15) is 0 Å². The molecule has 1 aliphatic heterocycles. The van der Waals surface area contributed by atoms with Gasteiger partial charge in [-0.2, -0.15) is 0 Å². The molecule has 1 aliphatic rings. The Morgan fingerprint density at radius 3 is 3.00 bits per heavy atom. The zero-order valence-corrected chi connectivity index (χ0v) is 5.75. The van der Waals surface area contributed by atoms with Crippen molar-refractivity contribution in [2.75, 3.05) is 13.1 Å². The summed E-state index contributed by atoms with van der Waals surface area (Å²) >= 11 is 0. The van der Waals surface area contributed by atoms with Crippen molar-refractivity contribution < 1.29 is 5.11 Å². The number of hydrogen-bond acceptors (Lipinski definition) is 2. The lowest BCUT2D eigenvalue weighted by atomic mass is 10.4. The molecule has 0 spiro atoms. The van der Waals surface area contributed by atoms with Crippen molar-refractivity contribution in [2.24, 2.45) is 0 Å². The van der Waals surface area contributed by atoms with Gasteiger partial charge in [-0.05, 0) is 19.5 Å². The van der Waals surface area contributed by atoms with Crippen molar-refractivity contribution >= 4 is 0 Å². The lowest BCUT2D eigenvalue weighted by Gasteiger charge is -2.16. The van der Waals surface area contributed by atoms with Gasteiger partial charge in [0.15, 0.2) is 0 Å². The molecule has 0 aromatic carbocycles. The van der Waals surface area contributed by atoms with Crippen molar-refractivity contribution in [3.63, 3.8) is 0 Å². The van der Waals surface area contributed by atoms with E-state index in [1.807, 2.05) is 13.1 Å². The molecule has 0 saturated heterocycles. The second kappa shape index (κ2) is 2.87. The Morgan fingerprint density at radius 2 is 2.56 bits per heavy atom. The molecule has 0 fully saturated rings. The van der Waals surface area contributed by atoms with E-state index in [-0.39, 0.29) is 6.10 Å². The summed E-state index contributed by atoms with van der Waals surface area (Å²) in [5, 5.41) is 8.94. The molecule has 0 amide bonds. The molecule has 1 atom stereocenters. The van der Waals surface area contributed by atoms with Crippen LogP contribution in [0.1, 0.15) is 13.3 Å². The van der Waals surface area contributed by atoms with Crippen LogP contribution in [0.3, 0.4) is 0 Å². The first-order chi connectivity index (χ1) is 4.29. The number of aliphatic hydroxyl groups is 1. The Kier molecular flexibility index (Phi) is 2.11. The monoisotopic (exact) mass is 127 g/mol. The summed E-state index contributed by atoms with van der Waals surface area (Å²) in [6.07, 6.45) is 5.11. The van der Waals surface area contributed by atoms with Crippen molar-refractivity contribution in [2.45, 2.75) is 19.4 Å². The second-order valence-corrected chi connectivity index (χ2v) is 2.52. The van der Waals surface area contributed by atoms with Gasteiger partial charge in [-0.1, -0.05) is 6.08 Å². The molecule has 52 valence electrons. The van der Waals surface area contributed by atoms with Gasteiger partial charge in [0, 0.05) is 13.1 Å². The second-order valence-electron chi connectivity index (χ2n) is 2.52. The Balaban J connectivity index is 2.20. The van der Waals surface area contributed by atoms with Gasteiger partial charge in [0.05, 0.1) is 6.10 Å². The van der Waals surface area contributed by atoms with Gasteiger partial charge in [-0.25, -0.2) is 0 Å². The SMILES string of the molecule is CC(O)CN1C=CCC1. The number of β-amino-alcohol motifs (C(OH)–C–C–N with tert-alkyl or cyclic N) is 1. The van der Waals surface area contributed by atoms with Gasteiger partial charge in [-0.3, -0.25) is 0 Å². The van der Waals surface area contributed by atoms with Crippen LogP contribution in [0.2, 0.25) is 0 Å². The van der Waals surface area contributed by atoms with Gasteiger partial charge < -0.3 is 10.0 Å². The number of hydrogen-bond donors (Lipinski definition) is 1. The molecule has 0 bridgehead atoms. The number of rotatable bonds is 2. The minimum atomic E-state index is -0.201. The quantitative estimate of drug-likeness (QED) is 0.586. The van der Waals surface area contributed by atoms with Crippen LogP contribution in [0.15, 0.2) is 12.3 Å². The maximum Gasteiger partial charge on any atom is 0.0686 e. The highest BCUT2D eigenvalue weighted by Crippen LogP contribution is 2.03. The molecule has 1 unspecified atom stereocenters. The van der Waals surface area contributed by atoms with Crippen molar-refractivity contribution in [3.05, 3.63) is 12.3 Å². The molecular formula is C7H13NO. The normalized spacial score (nSPS) is 20.9. The standard InChI is InChI=1S/C7H13NO/c1-7(9)6-8-4-2-3-5-8/h2,4,7,9H,3,5-6H2,1H3. The van der Waals surface area contributed by atoms with Crippen molar-refractivity contribution in [1.82, 2.24) is 4.90 Å². The molecule has 2 nitrogen and oxygen atoms in total. The fourth-order valence-electron chi connectivity index (χ4n) is 1.03. The van der Waals surface area contributed by atoms with Crippen LogP contribution < -0.4 is 0 Å². The summed E-state index contributed by atoms with van der Waals surface area (Å²) in [7, 11) is 0. The largest absolute Gasteiger partial charge is 0.392 e. The third kappa shape index (κ3) is 2.06. The summed E-state index contributed by atoms with van der Waals surface area (Å²) in [4.78, 5) is 2.13. The van der Waals surface area contributed by atoms with Crippen molar-refractivity contribution in [3.8, 4) is 0 Å². The average Bonchev–Trinajstić information content (AvgIpc) is 2.15. The Labute approximate surface area is 55.8 Å². The van der Waals surface area contributed by atoms with E-state index in [2.05, 4.69) is 11.0 Å². The first kappa shape index (κ1) is 6.62. The zero-order chi connectivity index (χ0) is 6.69. The van der Waals surface area contributed by atoms with Gasteiger partial charge in [0.25, 0.3) is 0 Å². The minimum Gasteiger partial charge on any atom is -0.392 e. The molecule has 0 aromatic rings. The zero-order valence-electron chi connectivity index (χ0n) is 5.75. The van der Waals surface area contributed by atoms with Crippen LogP contribution in [0.4, 0.5) is 0 Å². The maximum absolute atomic E-state index is 8.94. The van der Waals surface area contributed by atoms with E-state index in [9.17, 15) is 0 Å². The van der Waals surface area contributed by atoms with E-state index in [0.717, 1.165) is 19.5 Å². The molecule has 1 rings (SSSR count). The molecule has 0 aromatic heterocycles. The third-order valence-electron chi connectivity index (χ3n) is 1.40. The Morgan fingerprint density at radius 1 is 1.78 bits per heavy atom. The van der Waals surface area contributed by atoms with E-state index >= 15 is 0 Å². The van der Waals surface area contributed by atoms with Crippen LogP contribution in [-0.2, 0) is 0 Å². The first-order valence-corrected chi connectivity index (χ1v) is 3.38. The number of aliphatic hydroxyl groups excluding tert-OH is 1. The summed E-state index contributed by atoms with van der Waals surface area (Å²) in [5.41, 5.74) is 0. The fraction of sp³-hybridized carbons (Fsp3) is 0.714. The highest BCUT2D eigenvalue weighted by Gasteiger charge is 2.05. The van der Waals surface area contributed by atoms with Crippen LogP contribution in [0.5, 0.6) is 0 Å². The van der Waals surface area contributed by atoms with Crippen LogP contribution in [-0.4, -0.2) is 29.2 Å². The first-order valence-electron chi connectivity index (χ1n) is 3.38. The molecule has 0 aliphatic carbocycles. The maximum atomic E-state index is 8.94.